The van der Waals surface area contributed by atoms with Gasteiger partial charge in [0.15, 0.2) is 5.82 Å². The van der Waals surface area contributed by atoms with E-state index in [0.717, 1.165) is 0 Å². The Labute approximate surface area is 109 Å². The zero-order chi connectivity index (χ0) is 13.8. The lowest BCUT2D eigenvalue weighted by molar-refractivity contribution is 0.438. The summed E-state index contributed by atoms with van der Waals surface area (Å²) in [6, 6.07) is 1.55. The molecule has 3 N–H and O–H groups in total. The number of hydrogen-bond donors (Lipinski definition) is 2. The second-order valence-electron chi connectivity index (χ2n) is 3.64. The van der Waals surface area contributed by atoms with Crippen LogP contribution in [0, 0.1) is 0 Å². The minimum absolute atomic E-state index is 0.0268. The molecule has 0 saturated carbocycles. The summed E-state index contributed by atoms with van der Waals surface area (Å²) in [5, 5.41) is 13.8. The third-order valence-corrected chi connectivity index (χ3v) is 2.49. The van der Waals surface area contributed by atoms with Crippen LogP contribution in [0.2, 0.25) is 0 Å². The van der Waals surface area contributed by atoms with Crippen LogP contribution in [0.1, 0.15) is 5.56 Å². The van der Waals surface area contributed by atoms with Crippen LogP contribution >= 0.6 is 0 Å². The van der Waals surface area contributed by atoms with Crippen LogP contribution in [-0.2, 0) is 0 Å². The van der Waals surface area contributed by atoms with E-state index in [0.29, 0.717) is 16.7 Å². The van der Waals surface area contributed by atoms with Gasteiger partial charge in [-0.2, -0.15) is 9.61 Å². The fourth-order valence-corrected chi connectivity index (χ4v) is 1.73. The van der Waals surface area contributed by atoms with Crippen molar-refractivity contribution in [1.82, 2.24) is 14.6 Å². The van der Waals surface area contributed by atoms with Gasteiger partial charge < -0.3 is 10.8 Å². The van der Waals surface area contributed by atoms with Gasteiger partial charge in [-0.25, -0.2) is 4.98 Å². The van der Waals surface area contributed by atoms with Gasteiger partial charge in [-0.3, -0.25) is 4.99 Å². The third kappa shape index (κ3) is 2.23. The smallest absolute Gasteiger partial charge is 0.213 e. The molecule has 0 aliphatic rings. The topological polar surface area (TPSA) is 88.8 Å². The zero-order valence-electron chi connectivity index (χ0n) is 10.2. The first-order valence-corrected chi connectivity index (χ1v) is 5.47. The van der Waals surface area contributed by atoms with Gasteiger partial charge in [-0.05, 0) is 0 Å². The quantitative estimate of drug-likeness (QED) is 0.644. The molecule has 6 heteroatoms. The minimum atomic E-state index is -0.0268. The lowest BCUT2D eigenvalue weighted by Gasteiger charge is -2.01. The highest BCUT2D eigenvalue weighted by atomic mass is 16.3. The lowest BCUT2D eigenvalue weighted by atomic mass is 10.1. The van der Waals surface area contributed by atoms with E-state index in [1.165, 1.54) is 17.0 Å². The molecule has 0 amide bonds. The van der Waals surface area contributed by atoms with E-state index in [2.05, 4.69) is 28.2 Å². The van der Waals surface area contributed by atoms with Crippen molar-refractivity contribution in [3.05, 3.63) is 49.5 Å². The van der Waals surface area contributed by atoms with E-state index in [-0.39, 0.29) is 11.7 Å². The molecule has 0 saturated heterocycles. The molecule has 0 bridgehead atoms. The molecular weight excluding hydrogens is 242 g/mol. The number of hydrogen-bond acceptors (Lipinski definition) is 5. The van der Waals surface area contributed by atoms with Crippen LogP contribution in [0.25, 0.3) is 11.1 Å². The Morgan fingerprint density at radius 1 is 1.47 bits per heavy atom. The highest BCUT2D eigenvalue weighted by Gasteiger charge is 2.14. The van der Waals surface area contributed by atoms with E-state index in [4.69, 9.17) is 5.73 Å². The summed E-state index contributed by atoms with van der Waals surface area (Å²) in [6.07, 6.45) is 7.64. The molecule has 0 radical (unpaired) electrons. The summed E-state index contributed by atoms with van der Waals surface area (Å²) in [5.41, 5.74) is 7.73. The number of aromatic nitrogens is 3. The summed E-state index contributed by atoms with van der Waals surface area (Å²) in [4.78, 5) is 7.88. The molecule has 0 fully saturated rings. The van der Waals surface area contributed by atoms with Crippen LogP contribution in [0.4, 0.5) is 5.82 Å². The van der Waals surface area contributed by atoms with Crippen molar-refractivity contribution < 1.29 is 5.11 Å². The summed E-state index contributed by atoms with van der Waals surface area (Å²) < 4.78 is 1.32. The summed E-state index contributed by atoms with van der Waals surface area (Å²) in [5.74, 6) is 0.244. The fourth-order valence-electron chi connectivity index (χ4n) is 1.73. The van der Waals surface area contributed by atoms with Gasteiger partial charge in [0.2, 0.25) is 5.88 Å². The second kappa shape index (κ2) is 5.18. The van der Waals surface area contributed by atoms with Crippen molar-refractivity contribution in [3.8, 4) is 5.88 Å². The van der Waals surface area contributed by atoms with Gasteiger partial charge >= 0.3 is 0 Å². The first kappa shape index (κ1) is 12.6. The first-order valence-electron chi connectivity index (χ1n) is 5.47. The zero-order valence-corrected chi connectivity index (χ0v) is 10.2. The number of fused-ring (bicyclic) bond motifs is 1. The van der Waals surface area contributed by atoms with Crippen molar-refractivity contribution in [2.75, 3.05) is 5.73 Å². The maximum absolute atomic E-state index is 9.86. The Balaban J connectivity index is 2.73. The predicted octanol–water partition coefficient (Wildman–Crippen LogP) is 1.80. The number of nitrogens with zero attached hydrogens (tertiary/aromatic N) is 4. The fraction of sp³-hybridized carbons (Fsp3) is 0. The van der Waals surface area contributed by atoms with E-state index in [9.17, 15) is 5.11 Å². The van der Waals surface area contributed by atoms with Crippen molar-refractivity contribution in [1.29, 1.82) is 0 Å². The highest BCUT2D eigenvalue weighted by Crippen LogP contribution is 2.29. The first-order chi connectivity index (χ1) is 9.19. The number of anilines is 1. The molecule has 2 rings (SSSR count). The molecule has 0 atom stereocenters. The molecule has 0 spiro atoms. The lowest BCUT2D eigenvalue weighted by Crippen LogP contribution is -2.00. The number of nitrogens with two attached hydrogens (primary N) is 1. The third-order valence-electron chi connectivity index (χ3n) is 2.49. The Bertz CT molecular complexity index is 696. The van der Waals surface area contributed by atoms with Gasteiger partial charge in [0.25, 0.3) is 0 Å². The average Bonchev–Trinajstić information content (AvgIpc) is 2.74. The number of rotatable bonds is 4. The maximum atomic E-state index is 9.86. The van der Waals surface area contributed by atoms with E-state index in [1.807, 2.05) is 0 Å². The SMILES string of the molecule is C=C/C=C(\C=NC=C)c1cc(O)n2ncnc(N)c12. The Morgan fingerprint density at radius 3 is 2.95 bits per heavy atom. The Hall–Kier alpha value is -2.89. The molecule has 0 aliphatic carbocycles. The van der Waals surface area contributed by atoms with E-state index < -0.39 is 0 Å². The molecule has 2 aromatic rings. The van der Waals surface area contributed by atoms with Crippen molar-refractivity contribution in [3.63, 3.8) is 0 Å². The molecule has 96 valence electrons. The Morgan fingerprint density at radius 2 is 2.26 bits per heavy atom. The summed E-state index contributed by atoms with van der Waals surface area (Å²) in [6.45, 7) is 7.16. The molecule has 2 aromatic heterocycles. The molecule has 19 heavy (non-hydrogen) atoms. The van der Waals surface area contributed by atoms with Crippen molar-refractivity contribution in [2.24, 2.45) is 4.99 Å². The normalized spacial score (nSPS) is 12.1. The van der Waals surface area contributed by atoms with Crippen LogP contribution in [0.5, 0.6) is 5.88 Å². The molecule has 0 unspecified atom stereocenters. The Kier molecular flexibility index (Phi) is 3.42. The molecular formula is C13H13N5O. The standard InChI is InChI=1S/C13H13N5O/c1-3-5-9(7-15-4-2)10-6-11(19)18-12(10)13(14)16-8-17-18/h3-8,19H,1-2H2,(H2,14,16,17)/b9-5+,15-7?. The van der Waals surface area contributed by atoms with Gasteiger partial charge in [0, 0.05) is 29.6 Å². The summed E-state index contributed by atoms with van der Waals surface area (Å²) in [7, 11) is 0. The van der Waals surface area contributed by atoms with Crippen molar-refractivity contribution in [2.45, 2.75) is 0 Å². The molecule has 0 aromatic carbocycles. The molecule has 2 heterocycles. The number of nitrogen functional groups attached to an aromatic ring is 1. The van der Waals surface area contributed by atoms with Gasteiger partial charge in [0.05, 0.1) is 0 Å². The number of aromatic hydroxyl groups is 1. The minimum Gasteiger partial charge on any atom is -0.493 e. The summed E-state index contributed by atoms with van der Waals surface area (Å²) >= 11 is 0. The highest BCUT2D eigenvalue weighted by molar-refractivity contribution is 6.14. The van der Waals surface area contributed by atoms with Gasteiger partial charge in [0.1, 0.15) is 11.8 Å². The van der Waals surface area contributed by atoms with Crippen LogP contribution < -0.4 is 5.73 Å². The maximum Gasteiger partial charge on any atom is 0.213 e. The van der Waals surface area contributed by atoms with Gasteiger partial charge in [-0.15, -0.1) is 0 Å². The number of aliphatic imine (C=N–C) groups is 1. The van der Waals surface area contributed by atoms with Gasteiger partial charge in [-0.1, -0.05) is 25.3 Å². The predicted molar refractivity (Wildman–Crippen MR) is 75.9 cm³/mol. The largest absolute Gasteiger partial charge is 0.493 e. The molecule has 0 aliphatic heterocycles. The van der Waals surface area contributed by atoms with Crippen LogP contribution in [-0.4, -0.2) is 25.9 Å². The van der Waals surface area contributed by atoms with Crippen LogP contribution in [0.15, 0.2) is 48.9 Å². The van der Waals surface area contributed by atoms with E-state index in [1.54, 1.807) is 24.4 Å². The van der Waals surface area contributed by atoms with E-state index >= 15 is 0 Å². The molecule has 6 nitrogen and oxygen atoms in total. The average molecular weight is 255 g/mol. The van der Waals surface area contributed by atoms with Crippen LogP contribution in [0.3, 0.4) is 0 Å². The monoisotopic (exact) mass is 255 g/mol. The second-order valence-corrected chi connectivity index (χ2v) is 3.64. The number of allylic oxidation sites excluding steroid dienone is 3. The van der Waals surface area contributed by atoms with Crippen molar-refractivity contribution >= 4 is 23.1 Å².